The van der Waals surface area contributed by atoms with Crippen LogP contribution in [0.25, 0.3) is 0 Å². The number of anilines is 1. The lowest BCUT2D eigenvalue weighted by molar-refractivity contribution is 0.139. The molecule has 2 heterocycles. The van der Waals surface area contributed by atoms with Gasteiger partial charge in [-0.2, -0.15) is 0 Å². The number of nitrogens with one attached hydrogen (secondary N) is 1. The first-order valence-electron chi connectivity index (χ1n) is 12.1. The molecule has 0 bridgehead atoms. The molecule has 1 saturated carbocycles. The van der Waals surface area contributed by atoms with E-state index in [1.807, 2.05) is 13.0 Å². The number of benzene rings is 1. The molecule has 1 aliphatic carbocycles. The Morgan fingerprint density at radius 2 is 1.76 bits per heavy atom. The summed E-state index contributed by atoms with van der Waals surface area (Å²) in [5, 5.41) is 0. The quantitative estimate of drug-likeness (QED) is 0.552. The second-order valence-corrected chi connectivity index (χ2v) is 12.1. The number of hydrogen-bond acceptors (Lipinski definition) is 6. The summed E-state index contributed by atoms with van der Waals surface area (Å²) in [7, 11) is -3.57. The van der Waals surface area contributed by atoms with Crippen molar-refractivity contribution in [1.82, 2.24) is 14.6 Å². The summed E-state index contributed by atoms with van der Waals surface area (Å²) in [5.41, 5.74) is 1.95. The molecule has 2 aliphatic rings. The zero-order chi connectivity index (χ0) is 24.3. The first kappa shape index (κ1) is 25.4. The van der Waals surface area contributed by atoms with Crippen molar-refractivity contribution in [2.45, 2.75) is 69.5 Å². The number of rotatable bonds is 7. The Bertz CT molecular complexity index is 1080. The van der Waals surface area contributed by atoms with Crippen molar-refractivity contribution in [2.75, 3.05) is 31.1 Å². The van der Waals surface area contributed by atoms with Crippen LogP contribution in [0.3, 0.4) is 0 Å². The molecule has 2 fully saturated rings. The lowest BCUT2D eigenvalue weighted by Gasteiger charge is -2.43. The van der Waals surface area contributed by atoms with Crippen LogP contribution in [0.5, 0.6) is 5.75 Å². The smallest absolute Gasteiger partial charge is 0.242 e. The maximum atomic E-state index is 12.8. The average Bonchev–Trinajstić information content (AvgIpc) is 2.81. The Balaban J connectivity index is 1.28. The normalized spacial score (nSPS) is 22.2. The minimum atomic E-state index is -3.57. The van der Waals surface area contributed by atoms with E-state index >= 15 is 0 Å². The van der Waals surface area contributed by atoms with Crippen LogP contribution in [0.15, 0.2) is 45.9 Å². The topological polar surface area (TPSA) is 74.8 Å². The van der Waals surface area contributed by atoms with Crippen LogP contribution in [-0.2, 0) is 10.0 Å². The molecule has 1 saturated heterocycles. The number of halogens is 1. The van der Waals surface area contributed by atoms with E-state index in [9.17, 15) is 8.42 Å². The Labute approximate surface area is 212 Å². The molecule has 0 spiro atoms. The number of aromatic nitrogens is 1. The summed E-state index contributed by atoms with van der Waals surface area (Å²) in [4.78, 5) is 9.38. The maximum absolute atomic E-state index is 12.8. The number of pyridine rings is 1. The van der Waals surface area contributed by atoms with Crippen LogP contribution in [0, 0.1) is 6.92 Å². The zero-order valence-electron chi connectivity index (χ0n) is 20.2. The SMILES string of the molecule is Cc1ncc(S(=O)(=O)NC2CCC(N3CCN(c4ccccc4OC(C)C)CC3)CC2)cc1Br. The number of aryl methyl sites for hydroxylation is 1. The van der Waals surface area contributed by atoms with Gasteiger partial charge in [0.05, 0.1) is 17.5 Å². The first-order chi connectivity index (χ1) is 16.2. The van der Waals surface area contributed by atoms with Crippen LogP contribution in [-0.4, -0.2) is 62.7 Å². The Morgan fingerprint density at radius 3 is 2.41 bits per heavy atom. The van der Waals surface area contributed by atoms with Crippen LogP contribution in [0.2, 0.25) is 0 Å². The fraction of sp³-hybridized carbons (Fsp3) is 0.560. The summed E-state index contributed by atoms with van der Waals surface area (Å²) in [6.45, 7) is 9.93. The summed E-state index contributed by atoms with van der Waals surface area (Å²) in [5.74, 6) is 0.953. The van der Waals surface area contributed by atoms with Crippen molar-refractivity contribution in [2.24, 2.45) is 0 Å². The highest BCUT2D eigenvalue weighted by atomic mass is 79.9. The van der Waals surface area contributed by atoms with Crippen LogP contribution in [0.1, 0.15) is 45.2 Å². The lowest BCUT2D eigenvalue weighted by atomic mass is 9.90. The van der Waals surface area contributed by atoms with Crippen molar-refractivity contribution in [3.8, 4) is 5.75 Å². The molecule has 0 atom stereocenters. The van der Waals surface area contributed by atoms with Gasteiger partial charge in [0.2, 0.25) is 10.0 Å². The summed E-state index contributed by atoms with van der Waals surface area (Å²) >= 11 is 3.38. The standard InChI is InChI=1S/C25H35BrN4O3S/c1-18(2)33-25-7-5-4-6-24(25)30-14-12-29(13-15-30)21-10-8-20(9-11-21)28-34(31,32)22-16-23(26)19(3)27-17-22/h4-7,16-18,20-21,28H,8-15H2,1-3H3. The molecule has 1 N–H and O–H groups in total. The molecule has 9 heteroatoms. The fourth-order valence-corrected chi connectivity index (χ4v) is 6.66. The van der Waals surface area contributed by atoms with E-state index in [0.29, 0.717) is 10.5 Å². The first-order valence-corrected chi connectivity index (χ1v) is 14.4. The summed E-state index contributed by atoms with van der Waals surface area (Å²) < 4.78 is 35.3. The minimum absolute atomic E-state index is 0.0253. The summed E-state index contributed by atoms with van der Waals surface area (Å²) in [6.07, 6.45) is 5.31. The molecule has 1 aliphatic heterocycles. The molecule has 4 rings (SSSR count). The average molecular weight is 552 g/mol. The third kappa shape index (κ3) is 6.11. The lowest BCUT2D eigenvalue weighted by Crippen LogP contribution is -2.52. The Hall–Kier alpha value is -1.68. The molecule has 186 valence electrons. The van der Waals surface area contributed by atoms with Gasteiger partial charge in [-0.15, -0.1) is 0 Å². The van der Waals surface area contributed by atoms with E-state index in [0.717, 1.165) is 63.3 Å². The van der Waals surface area contributed by atoms with Gasteiger partial charge in [-0.25, -0.2) is 13.1 Å². The molecule has 1 aromatic heterocycles. The Morgan fingerprint density at radius 1 is 1.09 bits per heavy atom. The molecule has 0 unspecified atom stereocenters. The summed E-state index contributed by atoms with van der Waals surface area (Å²) in [6, 6.07) is 10.4. The third-order valence-electron chi connectivity index (χ3n) is 6.73. The van der Waals surface area contributed by atoms with Crippen LogP contribution in [0.4, 0.5) is 5.69 Å². The molecule has 0 radical (unpaired) electrons. The fourth-order valence-electron chi connectivity index (χ4n) is 4.88. The van der Waals surface area contributed by atoms with E-state index in [1.165, 1.54) is 11.9 Å². The molecule has 7 nitrogen and oxygen atoms in total. The predicted octanol–water partition coefficient (Wildman–Crippen LogP) is 4.35. The number of hydrogen-bond donors (Lipinski definition) is 1. The maximum Gasteiger partial charge on any atom is 0.242 e. The highest BCUT2D eigenvalue weighted by Crippen LogP contribution is 2.31. The molecule has 2 aromatic rings. The molecular weight excluding hydrogens is 516 g/mol. The van der Waals surface area contributed by atoms with Gasteiger partial charge in [-0.3, -0.25) is 9.88 Å². The monoisotopic (exact) mass is 550 g/mol. The number of ether oxygens (including phenoxy) is 1. The predicted molar refractivity (Wildman–Crippen MR) is 139 cm³/mol. The number of sulfonamides is 1. The number of piperazine rings is 1. The molecule has 34 heavy (non-hydrogen) atoms. The minimum Gasteiger partial charge on any atom is -0.489 e. The van der Waals surface area contributed by atoms with E-state index in [2.05, 4.69) is 67.5 Å². The second kappa shape index (κ2) is 10.9. The van der Waals surface area contributed by atoms with Gasteiger partial charge < -0.3 is 9.64 Å². The van der Waals surface area contributed by atoms with Gasteiger partial charge in [-0.05, 0) is 80.6 Å². The number of nitrogens with zero attached hydrogens (tertiary/aromatic N) is 3. The highest BCUT2D eigenvalue weighted by molar-refractivity contribution is 9.10. The van der Waals surface area contributed by atoms with Gasteiger partial charge in [0.15, 0.2) is 0 Å². The zero-order valence-corrected chi connectivity index (χ0v) is 22.6. The molecule has 1 aromatic carbocycles. The van der Waals surface area contributed by atoms with Crippen molar-refractivity contribution in [3.05, 3.63) is 46.7 Å². The van der Waals surface area contributed by atoms with Crippen molar-refractivity contribution in [3.63, 3.8) is 0 Å². The van der Waals surface area contributed by atoms with Crippen LogP contribution < -0.4 is 14.4 Å². The largest absolute Gasteiger partial charge is 0.489 e. The second-order valence-electron chi connectivity index (χ2n) is 9.52. The van der Waals surface area contributed by atoms with Gasteiger partial charge >= 0.3 is 0 Å². The third-order valence-corrected chi connectivity index (χ3v) is 9.02. The van der Waals surface area contributed by atoms with E-state index < -0.39 is 10.0 Å². The van der Waals surface area contributed by atoms with Gasteiger partial charge in [0, 0.05) is 48.9 Å². The van der Waals surface area contributed by atoms with Crippen LogP contribution >= 0.6 is 15.9 Å². The van der Waals surface area contributed by atoms with E-state index in [4.69, 9.17) is 4.74 Å². The molecule has 0 amide bonds. The number of para-hydroxylation sites is 2. The van der Waals surface area contributed by atoms with E-state index in [1.54, 1.807) is 6.07 Å². The molecular formula is C25H35BrN4O3S. The van der Waals surface area contributed by atoms with Gasteiger partial charge in [0.1, 0.15) is 10.6 Å². The van der Waals surface area contributed by atoms with Crippen molar-refractivity contribution in [1.29, 1.82) is 0 Å². The van der Waals surface area contributed by atoms with E-state index in [-0.39, 0.29) is 17.0 Å². The van der Waals surface area contributed by atoms with Gasteiger partial charge in [-0.1, -0.05) is 12.1 Å². The highest BCUT2D eigenvalue weighted by Gasteiger charge is 2.31. The van der Waals surface area contributed by atoms with Crippen molar-refractivity contribution < 1.29 is 13.2 Å². The Kier molecular flexibility index (Phi) is 8.17. The van der Waals surface area contributed by atoms with Gasteiger partial charge in [0.25, 0.3) is 0 Å². The van der Waals surface area contributed by atoms with Crippen molar-refractivity contribution >= 4 is 31.6 Å².